The molecule has 0 amide bonds. The highest BCUT2D eigenvalue weighted by molar-refractivity contribution is 5.34. The van der Waals surface area contributed by atoms with Crippen molar-refractivity contribution in [2.24, 2.45) is 11.7 Å². The van der Waals surface area contributed by atoms with E-state index in [-0.39, 0.29) is 5.54 Å². The Bertz CT molecular complexity index is 370. The van der Waals surface area contributed by atoms with Gasteiger partial charge in [0.15, 0.2) is 0 Å². The average molecular weight is 231 g/mol. The molecule has 17 heavy (non-hydrogen) atoms. The first kappa shape index (κ1) is 12.6. The van der Waals surface area contributed by atoms with Crippen LogP contribution in [0, 0.1) is 5.92 Å². The van der Waals surface area contributed by atoms with Gasteiger partial charge in [0, 0.05) is 5.54 Å². The van der Waals surface area contributed by atoms with Gasteiger partial charge in [0.2, 0.25) is 0 Å². The van der Waals surface area contributed by atoms with Crippen molar-refractivity contribution in [2.75, 3.05) is 0 Å². The number of rotatable bonds is 3. The molecule has 0 spiro atoms. The molecular formula is C16H25N. The van der Waals surface area contributed by atoms with E-state index in [2.05, 4.69) is 38.1 Å². The maximum absolute atomic E-state index is 6.72. The van der Waals surface area contributed by atoms with Gasteiger partial charge < -0.3 is 5.73 Å². The largest absolute Gasteiger partial charge is 0.321 e. The molecular weight excluding hydrogens is 206 g/mol. The fourth-order valence-electron chi connectivity index (χ4n) is 2.92. The van der Waals surface area contributed by atoms with E-state index in [1.54, 1.807) is 0 Å². The second-order valence-corrected chi connectivity index (χ2v) is 5.95. The van der Waals surface area contributed by atoms with Gasteiger partial charge in [-0.25, -0.2) is 0 Å². The first-order valence-electron chi connectivity index (χ1n) is 6.99. The second kappa shape index (κ2) is 5.22. The molecule has 1 aromatic carbocycles. The molecule has 0 saturated heterocycles. The average Bonchev–Trinajstić information content (AvgIpc) is 2.48. The quantitative estimate of drug-likeness (QED) is 0.782. The Morgan fingerprint density at radius 2 is 2.00 bits per heavy atom. The summed E-state index contributed by atoms with van der Waals surface area (Å²) < 4.78 is 0. The Morgan fingerprint density at radius 3 is 2.76 bits per heavy atom. The van der Waals surface area contributed by atoms with Crippen LogP contribution < -0.4 is 5.73 Å². The Balaban J connectivity index is 2.26. The highest BCUT2D eigenvalue weighted by atomic mass is 14.7. The third-order valence-electron chi connectivity index (χ3n) is 4.04. The maximum atomic E-state index is 6.72. The molecule has 0 fully saturated rings. The van der Waals surface area contributed by atoms with Crippen molar-refractivity contribution in [2.45, 2.75) is 57.9 Å². The van der Waals surface area contributed by atoms with Crippen LogP contribution in [0.5, 0.6) is 0 Å². The molecule has 0 bridgehead atoms. The van der Waals surface area contributed by atoms with Crippen molar-refractivity contribution < 1.29 is 0 Å². The van der Waals surface area contributed by atoms with E-state index >= 15 is 0 Å². The van der Waals surface area contributed by atoms with E-state index in [9.17, 15) is 0 Å². The van der Waals surface area contributed by atoms with Gasteiger partial charge in [-0.2, -0.15) is 0 Å². The van der Waals surface area contributed by atoms with Gasteiger partial charge in [-0.3, -0.25) is 0 Å². The zero-order chi connectivity index (χ0) is 12.3. The van der Waals surface area contributed by atoms with E-state index in [0.29, 0.717) is 0 Å². The summed E-state index contributed by atoms with van der Waals surface area (Å²) in [6.45, 7) is 4.57. The lowest BCUT2D eigenvalue weighted by atomic mass is 9.80. The zero-order valence-electron chi connectivity index (χ0n) is 11.2. The van der Waals surface area contributed by atoms with Crippen LogP contribution in [0.1, 0.15) is 57.1 Å². The highest BCUT2D eigenvalue weighted by Gasteiger charge is 2.30. The summed E-state index contributed by atoms with van der Waals surface area (Å²) in [5.41, 5.74) is 9.54. The molecule has 0 radical (unpaired) electrons. The Morgan fingerprint density at radius 1 is 1.24 bits per heavy atom. The second-order valence-electron chi connectivity index (χ2n) is 5.95. The van der Waals surface area contributed by atoms with E-state index in [0.717, 1.165) is 18.8 Å². The van der Waals surface area contributed by atoms with Gasteiger partial charge in [-0.1, -0.05) is 44.5 Å². The lowest BCUT2D eigenvalue weighted by Crippen LogP contribution is -2.37. The molecule has 1 nitrogen and oxygen atoms in total. The monoisotopic (exact) mass is 231 g/mol. The number of hydrogen-bond acceptors (Lipinski definition) is 1. The summed E-state index contributed by atoms with van der Waals surface area (Å²) in [5.74, 6) is 0.742. The van der Waals surface area contributed by atoms with Crippen LogP contribution in [0.3, 0.4) is 0 Å². The van der Waals surface area contributed by atoms with Crippen molar-refractivity contribution in [1.82, 2.24) is 0 Å². The fraction of sp³-hybridized carbons (Fsp3) is 0.625. The van der Waals surface area contributed by atoms with E-state index in [1.807, 2.05) is 0 Å². The zero-order valence-corrected chi connectivity index (χ0v) is 11.2. The lowest BCUT2D eigenvalue weighted by Gasteiger charge is -2.31. The SMILES string of the molecule is CC(C)CCC1(N)CCCCc2ccccc21. The van der Waals surface area contributed by atoms with Crippen LogP contribution in [0.4, 0.5) is 0 Å². The number of hydrogen-bond donors (Lipinski definition) is 1. The first-order valence-corrected chi connectivity index (χ1v) is 6.99. The van der Waals surface area contributed by atoms with Gasteiger partial charge in [0.25, 0.3) is 0 Å². The molecule has 1 aromatic rings. The standard InChI is InChI=1S/C16H25N/c1-13(2)10-12-16(17)11-6-5-8-14-7-3-4-9-15(14)16/h3-4,7,9,13H,5-6,8,10-12,17H2,1-2H3. The molecule has 0 saturated carbocycles. The van der Waals surface area contributed by atoms with Crippen LogP contribution in [-0.4, -0.2) is 0 Å². The van der Waals surface area contributed by atoms with Gasteiger partial charge in [-0.05, 0) is 49.1 Å². The fourth-order valence-corrected chi connectivity index (χ4v) is 2.92. The van der Waals surface area contributed by atoms with Crippen molar-refractivity contribution in [3.05, 3.63) is 35.4 Å². The predicted octanol–water partition coefficient (Wildman–Crippen LogP) is 4.00. The minimum absolute atomic E-state index is 0.0721. The molecule has 0 aliphatic heterocycles. The van der Waals surface area contributed by atoms with Gasteiger partial charge in [-0.15, -0.1) is 0 Å². The molecule has 1 unspecified atom stereocenters. The normalized spacial score (nSPS) is 24.5. The van der Waals surface area contributed by atoms with Crippen molar-refractivity contribution >= 4 is 0 Å². The van der Waals surface area contributed by atoms with Crippen molar-refractivity contribution in [3.8, 4) is 0 Å². The smallest absolute Gasteiger partial charge is 0.0412 e. The summed E-state index contributed by atoms with van der Waals surface area (Å²) in [4.78, 5) is 0. The molecule has 0 heterocycles. The van der Waals surface area contributed by atoms with Gasteiger partial charge in [0.1, 0.15) is 0 Å². The number of nitrogens with two attached hydrogens (primary N) is 1. The Kier molecular flexibility index (Phi) is 3.88. The molecule has 1 aliphatic carbocycles. The minimum atomic E-state index is -0.0721. The first-order chi connectivity index (χ1) is 8.12. The predicted molar refractivity (Wildman–Crippen MR) is 73.9 cm³/mol. The summed E-state index contributed by atoms with van der Waals surface area (Å²) in [6, 6.07) is 8.80. The third-order valence-corrected chi connectivity index (χ3v) is 4.04. The molecule has 2 rings (SSSR count). The Labute approximate surface area is 105 Å². The van der Waals surface area contributed by atoms with Gasteiger partial charge >= 0.3 is 0 Å². The van der Waals surface area contributed by atoms with E-state index in [1.165, 1.54) is 36.8 Å². The maximum Gasteiger partial charge on any atom is 0.0412 e. The number of fused-ring (bicyclic) bond motifs is 1. The topological polar surface area (TPSA) is 26.0 Å². The van der Waals surface area contributed by atoms with Crippen LogP contribution in [0.25, 0.3) is 0 Å². The Hall–Kier alpha value is -0.820. The molecule has 1 heteroatoms. The van der Waals surface area contributed by atoms with Crippen molar-refractivity contribution in [3.63, 3.8) is 0 Å². The number of aryl methyl sites for hydroxylation is 1. The summed E-state index contributed by atoms with van der Waals surface area (Å²) in [6.07, 6.45) is 7.26. The summed E-state index contributed by atoms with van der Waals surface area (Å²) >= 11 is 0. The lowest BCUT2D eigenvalue weighted by molar-refractivity contribution is 0.338. The summed E-state index contributed by atoms with van der Waals surface area (Å²) in [7, 11) is 0. The molecule has 2 N–H and O–H groups in total. The van der Waals surface area contributed by atoms with Crippen LogP contribution in [0.2, 0.25) is 0 Å². The van der Waals surface area contributed by atoms with Crippen molar-refractivity contribution in [1.29, 1.82) is 0 Å². The molecule has 94 valence electrons. The van der Waals surface area contributed by atoms with Crippen LogP contribution >= 0.6 is 0 Å². The third kappa shape index (κ3) is 2.90. The summed E-state index contributed by atoms with van der Waals surface area (Å²) in [5, 5.41) is 0. The van der Waals surface area contributed by atoms with E-state index in [4.69, 9.17) is 5.73 Å². The van der Waals surface area contributed by atoms with Gasteiger partial charge in [0.05, 0.1) is 0 Å². The molecule has 1 atom stereocenters. The van der Waals surface area contributed by atoms with Crippen LogP contribution in [0.15, 0.2) is 24.3 Å². The van der Waals surface area contributed by atoms with E-state index < -0.39 is 0 Å². The highest BCUT2D eigenvalue weighted by Crippen LogP contribution is 2.36. The van der Waals surface area contributed by atoms with Crippen LogP contribution in [-0.2, 0) is 12.0 Å². The molecule has 0 aromatic heterocycles. The molecule has 1 aliphatic rings. The number of benzene rings is 1. The minimum Gasteiger partial charge on any atom is -0.321 e.